The molecule has 3 aliphatic rings. The summed E-state index contributed by atoms with van der Waals surface area (Å²) in [6.07, 6.45) is 6.67. The van der Waals surface area contributed by atoms with Crippen molar-refractivity contribution in [1.82, 2.24) is 10.6 Å². The van der Waals surface area contributed by atoms with Gasteiger partial charge in [0.05, 0.1) is 5.60 Å². The summed E-state index contributed by atoms with van der Waals surface area (Å²) in [5.74, 6) is -0.533. The third kappa shape index (κ3) is 5.45. The second kappa shape index (κ2) is 10.1. The van der Waals surface area contributed by atoms with Crippen molar-refractivity contribution < 1.29 is 19.1 Å². The molecule has 2 heterocycles. The van der Waals surface area contributed by atoms with Gasteiger partial charge in [0.2, 0.25) is 5.91 Å². The molecule has 9 heteroatoms. The maximum Gasteiger partial charge on any atom is 0.267 e. The third-order valence-corrected chi connectivity index (χ3v) is 7.71. The van der Waals surface area contributed by atoms with Gasteiger partial charge in [-0.15, -0.1) is 0 Å². The molecule has 0 radical (unpaired) electrons. The minimum absolute atomic E-state index is 0.0590. The lowest BCUT2D eigenvalue weighted by molar-refractivity contribution is -0.122. The van der Waals surface area contributed by atoms with Gasteiger partial charge in [-0.05, 0) is 67.4 Å². The van der Waals surface area contributed by atoms with Gasteiger partial charge < -0.3 is 21.1 Å². The number of halogens is 3. The van der Waals surface area contributed by atoms with Gasteiger partial charge in [0.25, 0.3) is 5.91 Å². The predicted octanol–water partition coefficient (Wildman–Crippen LogP) is 5.26. The lowest BCUT2D eigenvalue weighted by Gasteiger charge is -2.41. The van der Waals surface area contributed by atoms with E-state index in [-0.39, 0.29) is 34.7 Å². The molecule has 2 atom stereocenters. The Hall–Kier alpha value is -2.35. The molecule has 6 nitrogen and oxygen atoms in total. The Balaban J connectivity index is 1.82. The van der Waals surface area contributed by atoms with Crippen molar-refractivity contribution in [3.63, 3.8) is 0 Å². The zero-order chi connectivity index (χ0) is 27.2. The van der Waals surface area contributed by atoms with Crippen molar-refractivity contribution in [2.75, 3.05) is 12.0 Å². The Bertz CT molecular complexity index is 1190. The van der Waals surface area contributed by atoms with E-state index >= 15 is 0 Å². The molecule has 4 rings (SSSR count). The van der Waals surface area contributed by atoms with Crippen molar-refractivity contribution in [3.8, 4) is 0 Å². The minimum Gasteiger partial charge on any atom is -0.390 e. The molecule has 1 saturated carbocycles. The number of amides is 2. The van der Waals surface area contributed by atoms with Crippen molar-refractivity contribution in [1.29, 1.82) is 0 Å². The van der Waals surface area contributed by atoms with Gasteiger partial charge in [-0.25, -0.2) is 4.39 Å². The van der Waals surface area contributed by atoms with E-state index in [2.05, 4.69) is 36.7 Å². The summed E-state index contributed by atoms with van der Waals surface area (Å²) in [6, 6.07) is 4.78. The number of carbonyl (C=O) groups excluding carboxylic acids is 2. The molecule has 1 fully saturated rings. The topological polar surface area (TPSA) is 90.5 Å². The molecule has 1 aliphatic carbocycles. The van der Waals surface area contributed by atoms with Crippen LogP contribution in [0.4, 0.5) is 10.1 Å². The molecule has 4 N–H and O–H groups in total. The number of fused-ring (bicyclic) bond motifs is 2. The second-order valence-corrected chi connectivity index (χ2v) is 12.6. The number of alkyl halides is 1. The van der Waals surface area contributed by atoms with Gasteiger partial charge >= 0.3 is 0 Å². The van der Waals surface area contributed by atoms with E-state index in [0.29, 0.717) is 41.2 Å². The van der Waals surface area contributed by atoms with Crippen LogP contribution in [0.2, 0.25) is 5.02 Å². The maximum absolute atomic E-state index is 13.9. The number of allylic oxidation sites excluding steroid dienone is 4. The van der Waals surface area contributed by atoms with Crippen LogP contribution in [-0.2, 0) is 15.0 Å². The molecular formula is C28H34Cl2FN3O3. The average Bonchev–Trinajstić information content (AvgIpc) is 3.23. The number of hydrogen-bond donors (Lipinski definition) is 4. The zero-order valence-electron chi connectivity index (χ0n) is 21.6. The van der Waals surface area contributed by atoms with Gasteiger partial charge in [-0.1, -0.05) is 62.2 Å². The van der Waals surface area contributed by atoms with E-state index in [4.69, 9.17) is 23.2 Å². The lowest BCUT2D eigenvalue weighted by atomic mass is 9.66. The van der Waals surface area contributed by atoms with E-state index in [1.807, 2.05) is 6.07 Å². The molecule has 37 heavy (non-hydrogen) atoms. The minimum atomic E-state index is -1.14. The summed E-state index contributed by atoms with van der Waals surface area (Å²) in [7, 11) is 0. The largest absolute Gasteiger partial charge is 0.390 e. The first-order valence-corrected chi connectivity index (χ1v) is 13.2. The molecule has 0 saturated heterocycles. The highest BCUT2D eigenvalue weighted by molar-refractivity contribution is 6.31. The van der Waals surface area contributed by atoms with E-state index in [1.165, 1.54) is 6.08 Å². The van der Waals surface area contributed by atoms with Crippen molar-refractivity contribution in [3.05, 3.63) is 63.3 Å². The van der Waals surface area contributed by atoms with Gasteiger partial charge in [-0.3, -0.25) is 9.59 Å². The normalized spacial score (nSPS) is 29.4. The van der Waals surface area contributed by atoms with Crippen LogP contribution in [-0.4, -0.2) is 41.3 Å². The molecule has 1 aromatic carbocycles. The molecule has 1 aromatic rings. The van der Waals surface area contributed by atoms with Gasteiger partial charge in [0.1, 0.15) is 17.8 Å². The van der Waals surface area contributed by atoms with Gasteiger partial charge in [-0.2, -0.15) is 0 Å². The molecule has 0 unspecified atom stereocenters. The van der Waals surface area contributed by atoms with E-state index in [0.717, 1.165) is 5.56 Å². The molecule has 1 spiro atoms. The highest BCUT2D eigenvalue weighted by Crippen LogP contribution is 2.53. The fraction of sp³-hybridized carbons (Fsp3) is 0.500. The van der Waals surface area contributed by atoms with Crippen LogP contribution in [0.15, 0.2) is 52.7 Å². The Labute approximate surface area is 227 Å². The number of carbonyl (C=O) groups is 2. The number of nitrogens with one attached hydrogen (secondary N) is 3. The molecular weight excluding hydrogens is 516 g/mol. The summed E-state index contributed by atoms with van der Waals surface area (Å²) in [5, 5.41) is 20.1. The molecule has 200 valence electrons. The van der Waals surface area contributed by atoms with Crippen LogP contribution in [0.1, 0.15) is 58.9 Å². The number of aliphatic hydroxyl groups is 1. The van der Waals surface area contributed by atoms with Crippen molar-refractivity contribution in [2.45, 2.75) is 76.5 Å². The quantitative estimate of drug-likeness (QED) is 0.349. The second-order valence-electron chi connectivity index (χ2n) is 11.7. The van der Waals surface area contributed by atoms with E-state index in [9.17, 15) is 19.1 Å². The third-order valence-electron chi connectivity index (χ3n) is 7.25. The Kier molecular flexibility index (Phi) is 7.54. The number of rotatable bonds is 7. The van der Waals surface area contributed by atoms with Crippen LogP contribution in [0.25, 0.3) is 0 Å². The average molecular weight is 551 g/mol. The lowest BCUT2D eigenvalue weighted by Crippen LogP contribution is -2.54. The first-order chi connectivity index (χ1) is 17.3. The summed E-state index contributed by atoms with van der Waals surface area (Å²) < 4.78 is 12.8. The Morgan fingerprint density at radius 1 is 1.32 bits per heavy atom. The Morgan fingerprint density at radius 2 is 2.03 bits per heavy atom. The monoisotopic (exact) mass is 549 g/mol. The van der Waals surface area contributed by atoms with Gasteiger partial charge in [0.15, 0.2) is 0 Å². The fourth-order valence-corrected chi connectivity index (χ4v) is 6.02. The van der Waals surface area contributed by atoms with Crippen LogP contribution in [0.3, 0.4) is 0 Å². The van der Waals surface area contributed by atoms with Crippen molar-refractivity contribution in [2.24, 2.45) is 5.41 Å². The van der Waals surface area contributed by atoms with Crippen LogP contribution >= 0.6 is 23.2 Å². The molecule has 0 bridgehead atoms. The summed E-state index contributed by atoms with van der Waals surface area (Å²) in [6.45, 7) is 7.25. The highest BCUT2D eigenvalue weighted by Gasteiger charge is 2.60. The van der Waals surface area contributed by atoms with E-state index in [1.54, 1.807) is 31.2 Å². The predicted molar refractivity (Wildman–Crippen MR) is 145 cm³/mol. The summed E-state index contributed by atoms with van der Waals surface area (Å²) >= 11 is 12.1. The number of anilines is 1. The van der Waals surface area contributed by atoms with Gasteiger partial charge in [0, 0.05) is 27.8 Å². The van der Waals surface area contributed by atoms with Crippen molar-refractivity contribution >= 4 is 40.7 Å². The standard InChI is InChI=1S/C28H34Cl2FN3O3/c1-26(2,3)14-22-28(19-10-9-16(29)11-21(19)33-25(28)36)20(8-6-5-7-17(30)15-31)23(34-22)24(35)32-18-12-27(4,37)13-18/h5-7,9-11,18,22,34,37H,8,12-15H2,1-4H3,(H,32,35)(H,33,36)/b6-5-,17-7+/t18?,22-,27?,28-/m1/s1. The first kappa shape index (κ1) is 27.7. The van der Waals surface area contributed by atoms with Crippen LogP contribution < -0.4 is 16.0 Å². The number of hydrogen-bond acceptors (Lipinski definition) is 4. The summed E-state index contributed by atoms with van der Waals surface area (Å²) in [5.41, 5.74) is 0.284. The maximum atomic E-state index is 13.9. The summed E-state index contributed by atoms with van der Waals surface area (Å²) in [4.78, 5) is 27.5. The highest BCUT2D eigenvalue weighted by atomic mass is 35.5. The SMILES string of the molecule is CC(C)(C)C[C@H]1NC(C(=O)NC2CC(C)(O)C2)=C(C/C=C\C=C(\Cl)CF)[C@@]12C(=O)Nc1cc(Cl)ccc12. The smallest absolute Gasteiger partial charge is 0.267 e. The zero-order valence-corrected chi connectivity index (χ0v) is 23.1. The fourth-order valence-electron chi connectivity index (χ4n) is 5.78. The van der Waals surface area contributed by atoms with E-state index < -0.39 is 23.7 Å². The first-order valence-electron chi connectivity index (χ1n) is 12.5. The molecule has 2 amide bonds. The Morgan fingerprint density at radius 3 is 2.65 bits per heavy atom. The van der Waals surface area contributed by atoms with Crippen LogP contribution in [0, 0.1) is 5.41 Å². The van der Waals surface area contributed by atoms with Crippen LogP contribution in [0.5, 0.6) is 0 Å². The molecule has 0 aromatic heterocycles. The molecule has 2 aliphatic heterocycles. The number of benzene rings is 1.